The number of rotatable bonds is 7. The van der Waals surface area contributed by atoms with Crippen molar-refractivity contribution in [3.05, 3.63) is 34.4 Å². The zero-order valence-electron chi connectivity index (χ0n) is 14.1. The number of hydrogen-bond acceptors (Lipinski definition) is 6. The minimum absolute atomic E-state index is 0.0232. The molecule has 0 radical (unpaired) electrons. The third-order valence-electron chi connectivity index (χ3n) is 4.23. The van der Waals surface area contributed by atoms with E-state index in [-0.39, 0.29) is 30.0 Å². The van der Waals surface area contributed by atoms with E-state index >= 15 is 0 Å². The molecule has 1 aromatic rings. The number of amides is 1. The molecule has 0 unspecified atom stereocenters. The molecule has 2 rings (SSSR count). The van der Waals surface area contributed by atoms with Gasteiger partial charge in [0.2, 0.25) is 0 Å². The molecule has 1 fully saturated rings. The van der Waals surface area contributed by atoms with Gasteiger partial charge in [0.15, 0.2) is 19.0 Å². The first kappa shape index (κ1) is 18.7. The molecule has 2 atom stereocenters. The monoisotopic (exact) mass is 350 g/mol. The highest BCUT2D eigenvalue weighted by Gasteiger charge is 2.23. The molecule has 0 aromatic heterocycles. The zero-order chi connectivity index (χ0) is 18.2. The number of nitrogens with zero attached hydrogens (tertiary/aromatic N) is 1. The van der Waals surface area contributed by atoms with Crippen molar-refractivity contribution < 1.29 is 24.0 Å². The quantitative estimate of drug-likeness (QED) is 0.459. The maximum Gasteiger partial charge on any atom is 0.344 e. The van der Waals surface area contributed by atoms with E-state index in [1.807, 2.05) is 0 Å². The van der Waals surface area contributed by atoms with Crippen molar-refractivity contribution in [3.63, 3.8) is 0 Å². The van der Waals surface area contributed by atoms with E-state index in [0.717, 1.165) is 19.3 Å². The lowest BCUT2D eigenvalue weighted by Gasteiger charge is -2.29. The number of carbonyl (C=O) groups excluding carboxylic acids is 2. The topological polar surface area (TPSA) is 108 Å². The molecule has 1 aliphatic rings. The molecule has 0 saturated heterocycles. The van der Waals surface area contributed by atoms with Crippen LogP contribution in [0.25, 0.3) is 0 Å². The Balaban J connectivity index is 1.73. The summed E-state index contributed by atoms with van der Waals surface area (Å²) in [4.78, 5) is 33.8. The highest BCUT2D eigenvalue weighted by Crippen LogP contribution is 2.25. The summed E-state index contributed by atoms with van der Waals surface area (Å²) in [6.45, 7) is 1.21. The summed E-state index contributed by atoms with van der Waals surface area (Å²) < 4.78 is 9.97. The SMILES string of the molecule is C[C@@H]1CCCC[C@@H]1NC(=O)COC(=O)COc1ccccc1[N+](=O)[O-]. The largest absolute Gasteiger partial charge is 0.475 e. The summed E-state index contributed by atoms with van der Waals surface area (Å²) in [6, 6.07) is 5.84. The number of carbonyl (C=O) groups is 2. The molecular weight excluding hydrogens is 328 g/mol. The molecule has 8 heteroatoms. The number of ether oxygens (including phenoxy) is 2. The molecule has 8 nitrogen and oxygen atoms in total. The first-order chi connectivity index (χ1) is 12.0. The molecule has 1 N–H and O–H groups in total. The zero-order valence-corrected chi connectivity index (χ0v) is 14.1. The molecule has 25 heavy (non-hydrogen) atoms. The number of hydrogen-bond donors (Lipinski definition) is 1. The van der Waals surface area contributed by atoms with Crippen molar-refractivity contribution in [2.45, 2.75) is 38.6 Å². The van der Waals surface area contributed by atoms with Gasteiger partial charge in [-0.1, -0.05) is 31.9 Å². The minimum atomic E-state index is -0.759. The molecule has 136 valence electrons. The number of esters is 1. The second-order valence-corrected chi connectivity index (χ2v) is 6.11. The van der Waals surface area contributed by atoms with E-state index in [1.165, 1.54) is 24.6 Å². The fraction of sp³-hybridized carbons (Fsp3) is 0.529. The fourth-order valence-electron chi connectivity index (χ4n) is 2.83. The minimum Gasteiger partial charge on any atom is -0.475 e. The van der Waals surface area contributed by atoms with Crippen molar-refractivity contribution in [2.75, 3.05) is 13.2 Å². The van der Waals surface area contributed by atoms with Crippen LogP contribution in [0.5, 0.6) is 5.75 Å². The average Bonchev–Trinajstić information content (AvgIpc) is 2.60. The van der Waals surface area contributed by atoms with Gasteiger partial charge in [-0.05, 0) is 24.8 Å². The summed E-state index contributed by atoms with van der Waals surface area (Å²) in [6.07, 6.45) is 4.26. The number of para-hydroxylation sites is 2. The smallest absolute Gasteiger partial charge is 0.344 e. The van der Waals surface area contributed by atoms with E-state index in [1.54, 1.807) is 6.07 Å². The van der Waals surface area contributed by atoms with Gasteiger partial charge in [-0.3, -0.25) is 14.9 Å². The van der Waals surface area contributed by atoms with Crippen LogP contribution in [-0.4, -0.2) is 36.1 Å². The van der Waals surface area contributed by atoms with Crippen LogP contribution in [0.3, 0.4) is 0 Å². The fourth-order valence-corrected chi connectivity index (χ4v) is 2.83. The number of benzene rings is 1. The van der Waals surface area contributed by atoms with Crippen molar-refractivity contribution in [2.24, 2.45) is 5.92 Å². The molecule has 0 spiro atoms. The van der Waals surface area contributed by atoms with Crippen LogP contribution in [0.4, 0.5) is 5.69 Å². The standard InChI is InChI=1S/C17H22N2O6/c1-12-6-2-3-7-13(12)18-16(20)10-25-17(21)11-24-15-9-5-4-8-14(15)19(22)23/h4-5,8-9,12-13H,2-3,6-7,10-11H2,1H3,(H,18,20)/t12-,13+/m1/s1. The van der Waals surface area contributed by atoms with Crippen LogP contribution in [0.2, 0.25) is 0 Å². The maximum absolute atomic E-state index is 11.9. The van der Waals surface area contributed by atoms with E-state index in [2.05, 4.69) is 12.2 Å². The molecule has 0 aliphatic heterocycles. The number of nitrogens with one attached hydrogen (secondary N) is 1. The van der Waals surface area contributed by atoms with Crippen molar-refractivity contribution in [1.82, 2.24) is 5.32 Å². The Morgan fingerprint density at radius 1 is 1.24 bits per heavy atom. The molecular formula is C17H22N2O6. The van der Waals surface area contributed by atoms with Gasteiger partial charge in [0.25, 0.3) is 5.91 Å². The average molecular weight is 350 g/mol. The van der Waals surface area contributed by atoms with Gasteiger partial charge in [0, 0.05) is 12.1 Å². The number of nitro benzene ring substituents is 1. The predicted molar refractivity (Wildman–Crippen MR) is 89.1 cm³/mol. The Labute approximate surface area is 145 Å². The summed E-state index contributed by atoms with van der Waals surface area (Å²) in [5, 5.41) is 13.7. The third kappa shape index (κ3) is 5.74. The van der Waals surface area contributed by atoms with Crippen LogP contribution >= 0.6 is 0 Å². The predicted octanol–water partition coefficient (Wildman–Crippen LogP) is 2.21. The summed E-state index contributed by atoms with van der Waals surface area (Å²) >= 11 is 0. The molecule has 0 bridgehead atoms. The second-order valence-electron chi connectivity index (χ2n) is 6.11. The van der Waals surface area contributed by atoms with Crippen LogP contribution in [0.1, 0.15) is 32.6 Å². The van der Waals surface area contributed by atoms with Gasteiger partial charge in [0.1, 0.15) is 0 Å². The van der Waals surface area contributed by atoms with Crippen LogP contribution in [-0.2, 0) is 14.3 Å². The lowest BCUT2D eigenvalue weighted by Crippen LogP contribution is -2.43. The van der Waals surface area contributed by atoms with Gasteiger partial charge >= 0.3 is 11.7 Å². The Kier molecular flexibility index (Phi) is 6.73. The van der Waals surface area contributed by atoms with Crippen molar-refractivity contribution in [1.29, 1.82) is 0 Å². The van der Waals surface area contributed by atoms with Crippen LogP contribution in [0.15, 0.2) is 24.3 Å². The molecule has 1 aliphatic carbocycles. The maximum atomic E-state index is 11.9. The first-order valence-electron chi connectivity index (χ1n) is 8.28. The Bertz CT molecular complexity index is 633. The van der Waals surface area contributed by atoms with E-state index in [4.69, 9.17) is 9.47 Å². The third-order valence-corrected chi connectivity index (χ3v) is 4.23. The lowest BCUT2D eigenvalue weighted by molar-refractivity contribution is -0.385. The van der Waals surface area contributed by atoms with Gasteiger partial charge in [-0.2, -0.15) is 0 Å². The number of nitro groups is 1. The van der Waals surface area contributed by atoms with Crippen LogP contribution in [0, 0.1) is 16.0 Å². The normalized spacial score (nSPS) is 19.7. The summed E-state index contributed by atoms with van der Waals surface area (Å²) in [5.41, 5.74) is -0.237. The van der Waals surface area contributed by atoms with Gasteiger partial charge in [-0.25, -0.2) is 4.79 Å². The molecule has 1 amide bonds. The molecule has 1 saturated carbocycles. The van der Waals surface area contributed by atoms with Gasteiger partial charge in [0.05, 0.1) is 4.92 Å². The molecule has 1 aromatic carbocycles. The first-order valence-corrected chi connectivity index (χ1v) is 8.28. The highest BCUT2D eigenvalue weighted by molar-refractivity contribution is 5.81. The van der Waals surface area contributed by atoms with Crippen LogP contribution < -0.4 is 10.1 Å². The Hall–Kier alpha value is -2.64. The highest BCUT2D eigenvalue weighted by atomic mass is 16.6. The van der Waals surface area contributed by atoms with E-state index in [9.17, 15) is 19.7 Å². The van der Waals surface area contributed by atoms with Crippen molar-refractivity contribution >= 4 is 17.6 Å². The van der Waals surface area contributed by atoms with E-state index in [0.29, 0.717) is 5.92 Å². The van der Waals surface area contributed by atoms with E-state index < -0.39 is 17.5 Å². The van der Waals surface area contributed by atoms with Gasteiger partial charge in [-0.15, -0.1) is 0 Å². The Morgan fingerprint density at radius 3 is 2.68 bits per heavy atom. The van der Waals surface area contributed by atoms with Gasteiger partial charge < -0.3 is 14.8 Å². The van der Waals surface area contributed by atoms with Crippen molar-refractivity contribution in [3.8, 4) is 5.75 Å². The summed E-state index contributed by atoms with van der Waals surface area (Å²) in [7, 11) is 0. The Morgan fingerprint density at radius 2 is 1.96 bits per heavy atom. The lowest BCUT2D eigenvalue weighted by atomic mass is 9.86. The summed E-state index contributed by atoms with van der Waals surface area (Å²) in [5.74, 6) is -0.719. The molecule has 0 heterocycles. The second kappa shape index (κ2) is 9.00.